The molecule has 1 saturated carbocycles. The molecule has 17 heavy (non-hydrogen) atoms. The Hall–Kier alpha value is -1.26. The number of aliphatic hydroxyl groups excluding tert-OH is 1. The zero-order chi connectivity index (χ0) is 12.1. The molecule has 1 aromatic rings. The van der Waals surface area contributed by atoms with Crippen LogP contribution in [0.25, 0.3) is 0 Å². The van der Waals surface area contributed by atoms with Crippen molar-refractivity contribution in [2.75, 3.05) is 25.6 Å². The number of nitrogen functional groups attached to an aromatic ring is 1. The molecule has 1 aliphatic carbocycles. The van der Waals surface area contributed by atoms with Crippen molar-refractivity contribution >= 4 is 5.69 Å². The average Bonchev–Trinajstić information content (AvgIpc) is 3.12. The van der Waals surface area contributed by atoms with Gasteiger partial charge in [-0.1, -0.05) is 0 Å². The van der Waals surface area contributed by atoms with E-state index in [4.69, 9.17) is 15.2 Å². The van der Waals surface area contributed by atoms with Gasteiger partial charge in [-0.2, -0.15) is 0 Å². The van der Waals surface area contributed by atoms with Gasteiger partial charge >= 0.3 is 0 Å². The Morgan fingerprint density at radius 1 is 1.24 bits per heavy atom. The summed E-state index contributed by atoms with van der Waals surface area (Å²) in [6, 6.07) is 7.11. The summed E-state index contributed by atoms with van der Waals surface area (Å²) in [6.45, 7) is 1.35. The number of aliphatic hydroxyl groups is 1. The Labute approximate surface area is 101 Å². The summed E-state index contributed by atoms with van der Waals surface area (Å²) in [6.07, 6.45) is 1.95. The van der Waals surface area contributed by atoms with E-state index in [0.717, 1.165) is 12.5 Å². The number of benzene rings is 1. The van der Waals surface area contributed by atoms with Gasteiger partial charge in [0.05, 0.1) is 6.61 Å². The molecule has 3 N–H and O–H groups in total. The van der Waals surface area contributed by atoms with Crippen LogP contribution in [0.2, 0.25) is 0 Å². The maximum Gasteiger partial charge on any atom is 0.119 e. The fourth-order valence-electron chi connectivity index (χ4n) is 1.46. The highest BCUT2D eigenvalue weighted by molar-refractivity contribution is 5.41. The van der Waals surface area contributed by atoms with Gasteiger partial charge in [0.1, 0.15) is 18.5 Å². The highest BCUT2D eigenvalue weighted by Crippen LogP contribution is 2.28. The molecule has 0 radical (unpaired) electrons. The van der Waals surface area contributed by atoms with E-state index in [0.29, 0.717) is 18.0 Å². The first-order valence-corrected chi connectivity index (χ1v) is 5.98. The van der Waals surface area contributed by atoms with Crippen molar-refractivity contribution in [2.24, 2.45) is 5.92 Å². The van der Waals surface area contributed by atoms with Crippen molar-refractivity contribution < 1.29 is 14.6 Å². The maximum atomic E-state index is 9.62. The molecule has 4 nitrogen and oxygen atoms in total. The first-order chi connectivity index (χ1) is 8.24. The van der Waals surface area contributed by atoms with Crippen molar-refractivity contribution in [1.82, 2.24) is 0 Å². The van der Waals surface area contributed by atoms with Crippen LogP contribution in [0.4, 0.5) is 5.69 Å². The minimum absolute atomic E-state index is 0.245. The smallest absolute Gasteiger partial charge is 0.119 e. The Morgan fingerprint density at radius 3 is 2.59 bits per heavy atom. The number of ether oxygens (including phenoxy) is 2. The molecule has 1 unspecified atom stereocenters. The largest absolute Gasteiger partial charge is 0.491 e. The zero-order valence-electron chi connectivity index (χ0n) is 9.84. The van der Waals surface area contributed by atoms with Gasteiger partial charge in [0.2, 0.25) is 0 Å². The van der Waals surface area contributed by atoms with Crippen LogP contribution in [0.3, 0.4) is 0 Å². The number of hydrogen-bond donors (Lipinski definition) is 2. The summed E-state index contributed by atoms with van der Waals surface area (Å²) in [5.74, 6) is 1.43. The van der Waals surface area contributed by atoms with Crippen molar-refractivity contribution in [3.8, 4) is 5.75 Å². The van der Waals surface area contributed by atoms with Crippen LogP contribution in [0.5, 0.6) is 5.75 Å². The lowest BCUT2D eigenvalue weighted by Gasteiger charge is -2.12. The minimum atomic E-state index is -0.577. The molecular formula is C13H19NO3. The molecule has 0 heterocycles. The molecule has 0 amide bonds. The van der Waals surface area contributed by atoms with Crippen LogP contribution >= 0.6 is 0 Å². The van der Waals surface area contributed by atoms with Crippen LogP contribution in [0, 0.1) is 5.92 Å². The molecule has 0 spiro atoms. The minimum Gasteiger partial charge on any atom is -0.491 e. The highest BCUT2D eigenvalue weighted by atomic mass is 16.5. The molecule has 0 saturated heterocycles. The SMILES string of the molecule is Nc1ccc(OCC(O)COCC2CC2)cc1. The summed E-state index contributed by atoms with van der Waals surface area (Å²) in [5.41, 5.74) is 6.26. The second-order valence-corrected chi connectivity index (χ2v) is 4.51. The van der Waals surface area contributed by atoms with Gasteiger partial charge in [0, 0.05) is 12.3 Å². The van der Waals surface area contributed by atoms with Crippen LogP contribution in [0.15, 0.2) is 24.3 Å². The first kappa shape index (κ1) is 12.2. The lowest BCUT2D eigenvalue weighted by Crippen LogP contribution is -2.23. The number of hydrogen-bond acceptors (Lipinski definition) is 4. The highest BCUT2D eigenvalue weighted by Gasteiger charge is 2.21. The third-order valence-electron chi connectivity index (χ3n) is 2.68. The van der Waals surface area contributed by atoms with E-state index in [-0.39, 0.29) is 6.61 Å². The van der Waals surface area contributed by atoms with Gasteiger partial charge in [-0.05, 0) is 43.0 Å². The molecule has 0 bridgehead atoms. The molecule has 1 atom stereocenters. The Balaban J connectivity index is 1.60. The van der Waals surface area contributed by atoms with Crippen molar-refractivity contribution in [1.29, 1.82) is 0 Å². The first-order valence-electron chi connectivity index (χ1n) is 5.98. The monoisotopic (exact) mass is 237 g/mol. The van der Waals surface area contributed by atoms with Crippen molar-refractivity contribution in [3.05, 3.63) is 24.3 Å². The van der Waals surface area contributed by atoms with Crippen molar-refractivity contribution in [2.45, 2.75) is 18.9 Å². The van der Waals surface area contributed by atoms with E-state index in [1.165, 1.54) is 12.8 Å². The van der Waals surface area contributed by atoms with Crippen LogP contribution in [-0.2, 0) is 4.74 Å². The second-order valence-electron chi connectivity index (χ2n) is 4.51. The van der Waals surface area contributed by atoms with Crippen LogP contribution in [-0.4, -0.2) is 31.0 Å². The third kappa shape index (κ3) is 4.63. The summed E-state index contributed by atoms with van der Waals surface area (Å²) < 4.78 is 10.8. The van der Waals surface area contributed by atoms with E-state index in [2.05, 4.69) is 0 Å². The second kappa shape index (κ2) is 5.89. The van der Waals surface area contributed by atoms with E-state index >= 15 is 0 Å². The molecule has 2 rings (SSSR count). The molecule has 0 aliphatic heterocycles. The summed E-state index contributed by atoms with van der Waals surface area (Å²) in [7, 11) is 0. The van der Waals surface area contributed by atoms with Crippen LogP contribution in [0.1, 0.15) is 12.8 Å². The predicted molar refractivity (Wildman–Crippen MR) is 65.9 cm³/mol. The number of anilines is 1. The van der Waals surface area contributed by atoms with Crippen molar-refractivity contribution in [3.63, 3.8) is 0 Å². The van der Waals surface area contributed by atoms with Gasteiger partial charge in [-0.15, -0.1) is 0 Å². The van der Waals surface area contributed by atoms with Gasteiger partial charge in [-0.25, -0.2) is 0 Å². The quantitative estimate of drug-likeness (QED) is 0.704. The molecule has 94 valence electrons. The Bertz CT molecular complexity index is 335. The fraction of sp³-hybridized carbons (Fsp3) is 0.538. The van der Waals surface area contributed by atoms with Gasteiger partial charge in [-0.3, -0.25) is 0 Å². The lowest BCUT2D eigenvalue weighted by atomic mass is 10.3. The summed E-state index contributed by atoms with van der Waals surface area (Å²) >= 11 is 0. The van der Waals surface area contributed by atoms with Gasteiger partial charge < -0.3 is 20.3 Å². The zero-order valence-corrected chi connectivity index (χ0v) is 9.84. The molecule has 4 heteroatoms. The average molecular weight is 237 g/mol. The molecule has 1 aliphatic rings. The van der Waals surface area contributed by atoms with E-state index < -0.39 is 6.10 Å². The summed E-state index contributed by atoms with van der Waals surface area (Å²) in [4.78, 5) is 0. The van der Waals surface area contributed by atoms with E-state index in [1.54, 1.807) is 24.3 Å². The molecular weight excluding hydrogens is 218 g/mol. The summed E-state index contributed by atoms with van der Waals surface area (Å²) in [5, 5.41) is 9.62. The normalized spacial score (nSPS) is 16.8. The molecule has 1 aromatic carbocycles. The number of nitrogens with two attached hydrogens (primary N) is 1. The standard InChI is InChI=1S/C13H19NO3/c14-11-3-5-13(6-4-11)17-9-12(15)8-16-7-10-1-2-10/h3-6,10,12,15H,1-2,7-9,14H2. The van der Waals surface area contributed by atoms with Gasteiger partial charge in [0.15, 0.2) is 0 Å². The molecule has 0 aromatic heterocycles. The molecule has 1 fully saturated rings. The Kier molecular flexibility index (Phi) is 4.23. The van der Waals surface area contributed by atoms with E-state index in [1.807, 2.05) is 0 Å². The fourth-order valence-corrected chi connectivity index (χ4v) is 1.46. The number of rotatable bonds is 7. The maximum absolute atomic E-state index is 9.62. The Morgan fingerprint density at radius 2 is 1.94 bits per heavy atom. The van der Waals surface area contributed by atoms with Crippen LogP contribution < -0.4 is 10.5 Å². The van der Waals surface area contributed by atoms with E-state index in [9.17, 15) is 5.11 Å². The van der Waals surface area contributed by atoms with Gasteiger partial charge in [0.25, 0.3) is 0 Å². The third-order valence-corrected chi connectivity index (χ3v) is 2.68. The lowest BCUT2D eigenvalue weighted by molar-refractivity contribution is 0.00872. The predicted octanol–water partition coefficient (Wildman–Crippen LogP) is 1.44. The topological polar surface area (TPSA) is 64.7 Å².